The average molecular weight is 341 g/mol. The molecule has 0 bridgehead atoms. The first-order valence-electron chi connectivity index (χ1n) is 6.12. The summed E-state index contributed by atoms with van der Waals surface area (Å²) in [4.78, 5) is 3.97. The SMILES string of the molecule is CSC1CCCCC1NS(=O)(=O)c1sc(Cl)nc1C. The molecule has 1 saturated carbocycles. The molecule has 1 heterocycles. The lowest BCUT2D eigenvalue weighted by Gasteiger charge is -2.30. The molecular weight excluding hydrogens is 324 g/mol. The Morgan fingerprint density at radius 3 is 2.68 bits per heavy atom. The molecule has 1 fully saturated rings. The van der Waals surface area contributed by atoms with Crippen molar-refractivity contribution in [3.05, 3.63) is 10.2 Å². The van der Waals surface area contributed by atoms with Gasteiger partial charge in [-0.25, -0.2) is 18.1 Å². The molecule has 1 aromatic heterocycles. The molecule has 1 aromatic rings. The van der Waals surface area contributed by atoms with Crippen LogP contribution in [-0.2, 0) is 10.0 Å². The number of thiazole rings is 1. The van der Waals surface area contributed by atoms with Crippen molar-refractivity contribution in [1.29, 1.82) is 0 Å². The second kappa shape index (κ2) is 6.30. The third-order valence-electron chi connectivity index (χ3n) is 3.28. The van der Waals surface area contributed by atoms with Crippen molar-refractivity contribution in [2.24, 2.45) is 0 Å². The standard InChI is InChI=1S/C11H17ClN2O2S3/c1-7-10(18-11(12)13-7)19(15,16)14-8-5-3-4-6-9(8)17-2/h8-9,14H,3-6H2,1-2H3. The van der Waals surface area contributed by atoms with Gasteiger partial charge in [0, 0.05) is 11.3 Å². The first-order valence-corrected chi connectivity index (χ1v) is 10.1. The van der Waals surface area contributed by atoms with E-state index in [0.717, 1.165) is 30.6 Å². The van der Waals surface area contributed by atoms with Crippen LogP contribution in [0.15, 0.2) is 4.21 Å². The largest absolute Gasteiger partial charge is 0.252 e. The highest BCUT2D eigenvalue weighted by molar-refractivity contribution is 7.99. The molecular formula is C11H17ClN2O2S3. The van der Waals surface area contributed by atoms with Crippen molar-refractivity contribution in [2.75, 3.05) is 6.26 Å². The number of nitrogens with zero attached hydrogens (tertiary/aromatic N) is 1. The van der Waals surface area contributed by atoms with Gasteiger partial charge < -0.3 is 0 Å². The first-order chi connectivity index (χ1) is 8.94. The number of aryl methyl sites for hydroxylation is 1. The van der Waals surface area contributed by atoms with Crippen molar-refractivity contribution in [1.82, 2.24) is 9.71 Å². The molecule has 8 heteroatoms. The zero-order valence-corrected chi connectivity index (χ0v) is 14.1. The van der Waals surface area contributed by atoms with E-state index in [2.05, 4.69) is 9.71 Å². The van der Waals surface area contributed by atoms with Crippen molar-refractivity contribution in [3.63, 3.8) is 0 Å². The van der Waals surface area contributed by atoms with Gasteiger partial charge in [0.1, 0.15) is 0 Å². The summed E-state index contributed by atoms with van der Waals surface area (Å²) >= 11 is 8.53. The molecule has 19 heavy (non-hydrogen) atoms. The van der Waals surface area contributed by atoms with Gasteiger partial charge in [0.05, 0.1) is 5.69 Å². The lowest BCUT2D eigenvalue weighted by molar-refractivity contribution is 0.423. The van der Waals surface area contributed by atoms with E-state index in [4.69, 9.17) is 11.6 Å². The third-order valence-corrected chi connectivity index (χ3v) is 7.81. The van der Waals surface area contributed by atoms with Gasteiger partial charge in [-0.15, -0.1) is 0 Å². The van der Waals surface area contributed by atoms with Crippen LogP contribution < -0.4 is 4.72 Å². The molecule has 2 atom stereocenters. The van der Waals surface area contributed by atoms with Crippen LogP contribution in [0.1, 0.15) is 31.4 Å². The number of halogens is 1. The second-order valence-corrected chi connectivity index (χ2v) is 9.19. The minimum absolute atomic E-state index is 0.00836. The molecule has 0 aromatic carbocycles. The maximum atomic E-state index is 12.4. The van der Waals surface area contributed by atoms with Crippen molar-refractivity contribution < 1.29 is 8.42 Å². The molecule has 0 amide bonds. The van der Waals surface area contributed by atoms with Crippen LogP contribution >= 0.6 is 34.7 Å². The van der Waals surface area contributed by atoms with Crippen LogP contribution in [0.3, 0.4) is 0 Å². The van der Waals surface area contributed by atoms with E-state index < -0.39 is 10.0 Å². The number of rotatable bonds is 4. The smallest absolute Gasteiger partial charge is 0.229 e. The second-order valence-electron chi connectivity index (χ2n) is 4.63. The van der Waals surface area contributed by atoms with E-state index in [-0.39, 0.29) is 14.7 Å². The van der Waals surface area contributed by atoms with E-state index in [1.807, 2.05) is 6.26 Å². The molecule has 2 rings (SSSR count). The maximum absolute atomic E-state index is 12.4. The van der Waals surface area contributed by atoms with Gasteiger partial charge in [-0.2, -0.15) is 11.8 Å². The fourth-order valence-electron chi connectivity index (χ4n) is 2.37. The number of thioether (sulfide) groups is 1. The Balaban J connectivity index is 2.19. The minimum Gasteiger partial charge on any atom is -0.229 e. The number of aromatic nitrogens is 1. The Kier molecular flexibility index (Phi) is 5.16. The Morgan fingerprint density at radius 1 is 1.42 bits per heavy atom. The summed E-state index contributed by atoms with van der Waals surface area (Å²) in [5.41, 5.74) is 0.471. The predicted molar refractivity (Wildman–Crippen MR) is 81.7 cm³/mol. The Morgan fingerprint density at radius 2 is 2.11 bits per heavy atom. The molecule has 1 aliphatic carbocycles. The highest BCUT2D eigenvalue weighted by Crippen LogP contribution is 2.31. The summed E-state index contributed by atoms with van der Waals surface area (Å²) in [6.07, 6.45) is 6.25. The number of hydrogen-bond acceptors (Lipinski definition) is 5. The number of sulfonamides is 1. The molecule has 0 spiro atoms. The van der Waals surface area contributed by atoms with E-state index in [0.29, 0.717) is 10.9 Å². The molecule has 0 saturated heterocycles. The average Bonchev–Trinajstić information content (AvgIpc) is 2.69. The van der Waals surface area contributed by atoms with Crippen LogP contribution in [0.25, 0.3) is 0 Å². The van der Waals surface area contributed by atoms with Gasteiger partial charge in [0.2, 0.25) is 0 Å². The van der Waals surface area contributed by atoms with Gasteiger partial charge in [0.15, 0.2) is 8.68 Å². The summed E-state index contributed by atoms with van der Waals surface area (Å²) in [5, 5.41) is 0.354. The van der Waals surface area contributed by atoms with Crippen molar-refractivity contribution in [2.45, 2.75) is 48.1 Å². The highest BCUT2D eigenvalue weighted by atomic mass is 35.5. The first kappa shape index (κ1) is 15.6. The lowest BCUT2D eigenvalue weighted by atomic mass is 9.96. The third kappa shape index (κ3) is 3.64. The van der Waals surface area contributed by atoms with Crippen LogP contribution in [0.4, 0.5) is 0 Å². The molecule has 108 valence electrons. The Hall–Kier alpha value is 0.180. The molecule has 4 nitrogen and oxygen atoms in total. The Bertz CT molecular complexity index is 544. The quantitative estimate of drug-likeness (QED) is 0.915. The van der Waals surface area contributed by atoms with E-state index >= 15 is 0 Å². The number of nitrogens with one attached hydrogen (secondary N) is 1. The summed E-state index contributed by atoms with van der Waals surface area (Å²) in [5.74, 6) is 0. The van der Waals surface area contributed by atoms with Crippen LogP contribution in [0.2, 0.25) is 4.47 Å². The summed E-state index contributed by atoms with van der Waals surface area (Å²) in [7, 11) is -3.50. The Labute approximate surface area is 127 Å². The fourth-order valence-corrected chi connectivity index (χ4v) is 6.45. The fraction of sp³-hybridized carbons (Fsp3) is 0.727. The lowest BCUT2D eigenvalue weighted by Crippen LogP contribution is -2.43. The van der Waals surface area contributed by atoms with Crippen LogP contribution in [0.5, 0.6) is 0 Å². The monoisotopic (exact) mass is 340 g/mol. The molecule has 2 unspecified atom stereocenters. The van der Waals surface area contributed by atoms with E-state index in [9.17, 15) is 8.42 Å². The van der Waals surface area contributed by atoms with Crippen LogP contribution in [-0.4, -0.2) is 30.9 Å². The van der Waals surface area contributed by atoms with Crippen molar-refractivity contribution >= 4 is 44.7 Å². The maximum Gasteiger partial charge on any atom is 0.252 e. The molecule has 0 aliphatic heterocycles. The van der Waals surface area contributed by atoms with Crippen LogP contribution in [0, 0.1) is 6.92 Å². The minimum atomic E-state index is -3.50. The number of hydrogen-bond donors (Lipinski definition) is 1. The van der Waals surface area contributed by atoms with E-state index in [1.165, 1.54) is 6.42 Å². The van der Waals surface area contributed by atoms with Crippen molar-refractivity contribution in [3.8, 4) is 0 Å². The van der Waals surface area contributed by atoms with Gasteiger partial charge in [-0.1, -0.05) is 35.8 Å². The van der Waals surface area contributed by atoms with E-state index in [1.54, 1.807) is 18.7 Å². The molecule has 1 N–H and O–H groups in total. The molecule has 1 aliphatic rings. The summed E-state index contributed by atoms with van der Waals surface area (Å²) < 4.78 is 28.1. The topological polar surface area (TPSA) is 59.1 Å². The van der Waals surface area contributed by atoms with Gasteiger partial charge in [0.25, 0.3) is 10.0 Å². The highest BCUT2D eigenvalue weighted by Gasteiger charge is 2.30. The normalized spacial score (nSPS) is 24.6. The summed E-state index contributed by atoms with van der Waals surface area (Å²) in [6.45, 7) is 1.67. The predicted octanol–water partition coefficient (Wildman–Crippen LogP) is 3.06. The zero-order chi connectivity index (χ0) is 14.0. The summed E-state index contributed by atoms with van der Waals surface area (Å²) in [6, 6.07) is 0.00836. The van der Waals surface area contributed by atoms with Gasteiger partial charge in [-0.3, -0.25) is 0 Å². The zero-order valence-electron chi connectivity index (χ0n) is 10.8. The van der Waals surface area contributed by atoms with Gasteiger partial charge in [-0.05, 0) is 26.0 Å². The van der Waals surface area contributed by atoms with Gasteiger partial charge >= 0.3 is 0 Å². The molecule has 0 radical (unpaired) electrons.